The fraction of sp³-hybridized carbons (Fsp3) is 0.417. The van der Waals surface area contributed by atoms with Gasteiger partial charge in [0.15, 0.2) is 0 Å². The molecular weight excluding hydrogens is 221 g/mol. The molecule has 0 aliphatic rings. The van der Waals surface area contributed by atoms with Crippen LogP contribution in [0.25, 0.3) is 0 Å². The molecule has 94 valence electrons. The topological polar surface area (TPSA) is 58.4 Å². The van der Waals surface area contributed by atoms with Gasteiger partial charge in [-0.1, -0.05) is 19.1 Å². The highest BCUT2D eigenvalue weighted by Crippen LogP contribution is 2.09. The lowest BCUT2D eigenvalue weighted by atomic mass is 10.1. The molecule has 0 spiro atoms. The number of hydrogen-bond donors (Lipinski definition) is 2. The quantitative estimate of drug-likeness (QED) is 0.458. The third-order valence-corrected chi connectivity index (χ3v) is 2.71. The van der Waals surface area contributed by atoms with Crippen LogP contribution < -0.4 is 11.3 Å². The minimum atomic E-state index is -0.273. The van der Waals surface area contributed by atoms with Crippen LogP contribution in [-0.4, -0.2) is 23.9 Å². The van der Waals surface area contributed by atoms with Crippen LogP contribution in [0.2, 0.25) is 0 Å². The van der Waals surface area contributed by atoms with E-state index in [2.05, 4.69) is 5.43 Å². The van der Waals surface area contributed by atoms with Gasteiger partial charge >= 0.3 is 0 Å². The fourth-order valence-corrected chi connectivity index (χ4v) is 1.78. The van der Waals surface area contributed by atoms with Gasteiger partial charge < -0.3 is 0 Å². The molecule has 3 N–H and O–H groups in total. The van der Waals surface area contributed by atoms with Crippen LogP contribution in [0.1, 0.15) is 18.9 Å². The molecule has 0 aromatic heterocycles. The Hall–Kier alpha value is -1.46. The summed E-state index contributed by atoms with van der Waals surface area (Å²) >= 11 is 0. The second-order valence-electron chi connectivity index (χ2n) is 3.97. The second kappa shape index (κ2) is 6.32. The zero-order chi connectivity index (χ0) is 12.8. The van der Waals surface area contributed by atoms with Crippen molar-refractivity contribution in [1.29, 1.82) is 0 Å². The Morgan fingerprint density at radius 3 is 2.53 bits per heavy atom. The van der Waals surface area contributed by atoms with E-state index in [9.17, 15) is 9.18 Å². The summed E-state index contributed by atoms with van der Waals surface area (Å²) in [4.78, 5) is 13.4. The van der Waals surface area contributed by atoms with Crippen LogP contribution in [0.4, 0.5) is 4.39 Å². The van der Waals surface area contributed by atoms with Crippen molar-refractivity contribution in [3.8, 4) is 0 Å². The summed E-state index contributed by atoms with van der Waals surface area (Å²) in [5.74, 6) is 4.65. The number of hydrazine groups is 1. The van der Waals surface area contributed by atoms with Gasteiger partial charge in [-0.2, -0.15) is 0 Å². The third-order valence-electron chi connectivity index (χ3n) is 2.71. The zero-order valence-electron chi connectivity index (χ0n) is 10.1. The van der Waals surface area contributed by atoms with Crippen molar-refractivity contribution in [2.45, 2.75) is 25.9 Å². The van der Waals surface area contributed by atoms with Gasteiger partial charge in [0.2, 0.25) is 0 Å². The smallest absolute Gasteiger partial charge is 0.251 e. The number of nitrogens with one attached hydrogen (secondary N) is 1. The number of amides is 1. The van der Waals surface area contributed by atoms with Gasteiger partial charge in [-0.15, -0.1) is 0 Å². The van der Waals surface area contributed by atoms with Gasteiger partial charge in [0.25, 0.3) is 5.91 Å². The molecule has 4 nitrogen and oxygen atoms in total. The number of nitrogens with zero attached hydrogens (tertiary/aromatic N) is 1. The van der Waals surface area contributed by atoms with E-state index in [4.69, 9.17) is 5.84 Å². The molecule has 1 rings (SSSR count). The Bertz CT molecular complexity index is 367. The number of benzene rings is 1. The molecule has 0 heterocycles. The number of likely N-dealkylation sites (N-methyl/N-ethyl adjacent to an activating group) is 1. The SMILES string of the molecule is CCC(C(=O)NN)N(C)Cc1ccc(F)cc1. The van der Waals surface area contributed by atoms with Gasteiger partial charge in [0.1, 0.15) is 5.82 Å². The Labute approximate surface area is 101 Å². The van der Waals surface area contributed by atoms with Crippen molar-refractivity contribution in [3.05, 3.63) is 35.6 Å². The predicted octanol–water partition coefficient (Wildman–Crippen LogP) is 1.03. The van der Waals surface area contributed by atoms with Crippen molar-refractivity contribution >= 4 is 5.91 Å². The monoisotopic (exact) mass is 239 g/mol. The van der Waals surface area contributed by atoms with Crippen LogP contribution in [0.15, 0.2) is 24.3 Å². The molecule has 17 heavy (non-hydrogen) atoms. The van der Waals surface area contributed by atoms with E-state index in [1.807, 2.05) is 18.9 Å². The van der Waals surface area contributed by atoms with E-state index in [1.165, 1.54) is 12.1 Å². The van der Waals surface area contributed by atoms with E-state index in [0.29, 0.717) is 13.0 Å². The first-order valence-electron chi connectivity index (χ1n) is 5.53. The maximum Gasteiger partial charge on any atom is 0.251 e. The summed E-state index contributed by atoms with van der Waals surface area (Å²) in [7, 11) is 1.84. The number of nitrogens with two attached hydrogens (primary N) is 1. The maximum absolute atomic E-state index is 12.7. The van der Waals surface area contributed by atoms with Crippen LogP contribution in [0, 0.1) is 5.82 Å². The molecule has 0 fully saturated rings. The Morgan fingerprint density at radius 2 is 2.06 bits per heavy atom. The lowest BCUT2D eigenvalue weighted by Crippen LogP contribution is -2.47. The standard InChI is InChI=1S/C12H18FN3O/c1-3-11(12(17)15-14)16(2)8-9-4-6-10(13)7-5-9/h4-7,11H,3,8,14H2,1-2H3,(H,15,17). The normalized spacial score (nSPS) is 12.5. The van der Waals surface area contributed by atoms with Crippen LogP contribution in [-0.2, 0) is 11.3 Å². The van der Waals surface area contributed by atoms with Crippen molar-refractivity contribution in [2.75, 3.05) is 7.05 Å². The highest BCUT2D eigenvalue weighted by molar-refractivity contribution is 5.80. The number of hydrogen-bond acceptors (Lipinski definition) is 3. The lowest BCUT2D eigenvalue weighted by molar-refractivity contribution is -0.126. The summed E-state index contributed by atoms with van der Waals surface area (Å²) in [6.45, 7) is 2.49. The summed E-state index contributed by atoms with van der Waals surface area (Å²) in [5.41, 5.74) is 3.11. The number of carbonyl (C=O) groups is 1. The van der Waals surface area contributed by atoms with E-state index in [1.54, 1.807) is 12.1 Å². The average Bonchev–Trinajstić information content (AvgIpc) is 2.32. The van der Waals surface area contributed by atoms with Crippen molar-refractivity contribution < 1.29 is 9.18 Å². The molecule has 1 atom stereocenters. The molecule has 1 aromatic rings. The van der Waals surface area contributed by atoms with Crippen molar-refractivity contribution in [3.63, 3.8) is 0 Å². The predicted molar refractivity (Wildman–Crippen MR) is 64.3 cm³/mol. The van der Waals surface area contributed by atoms with Gasteiger partial charge in [-0.05, 0) is 31.2 Å². The molecule has 5 heteroatoms. The minimum Gasteiger partial charge on any atom is -0.293 e. The lowest BCUT2D eigenvalue weighted by Gasteiger charge is -2.25. The molecule has 0 bridgehead atoms. The third kappa shape index (κ3) is 3.80. The Balaban J connectivity index is 2.66. The van der Waals surface area contributed by atoms with Crippen LogP contribution in [0.5, 0.6) is 0 Å². The molecular formula is C12H18FN3O. The summed E-state index contributed by atoms with van der Waals surface area (Å²) in [6.07, 6.45) is 0.667. The summed E-state index contributed by atoms with van der Waals surface area (Å²) < 4.78 is 12.7. The van der Waals surface area contributed by atoms with Crippen molar-refractivity contribution in [2.24, 2.45) is 5.84 Å². The molecule has 0 saturated heterocycles. The van der Waals surface area contributed by atoms with E-state index < -0.39 is 0 Å². The largest absolute Gasteiger partial charge is 0.293 e. The molecule has 1 amide bonds. The van der Waals surface area contributed by atoms with Gasteiger partial charge in [-0.3, -0.25) is 15.1 Å². The van der Waals surface area contributed by atoms with Crippen LogP contribution in [0.3, 0.4) is 0 Å². The first-order chi connectivity index (χ1) is 8.08. The highest BCUT2D eigenvalue weighted by atomic mass is 19.1. The molecule has 0 aliphatic heterocycles. The minimum absolute atomic E-state index is 0.211. The highest BCUT2D eigenvalue weighted by Gasteiger charge is 2.20. The fourth-order valence-electron chi connectivity index (χ4n) is 1.78. The average molecular weight is 239 g/mol. The molecule has 0 radical (unpaired) electrons. The van der Waals surface area contributed by atoms with Crippen LogP contribution >= 0.6 is 0 Å². The first kappa shape index (κ1) is 13.6. The van der Waals surface area contributed by atoms with Crippen molar-refractivity contribution in [1.82, 2.24) is 10.3 Å². The molecule has 1 unspecified atom stereocenters. The number of carbonyl (C=O) groups excluding carboxylic acids is 1. The van der Waals surface area contributed by atoms with E-state index in [0.717, 1.165) is 5.56 Å². The zero-order valence-corrected chi connectivity index (χ0v) is 10.1. The molecule has 0 aliphatic carbocycles. The second-order valence-corrected chi connectivity index (χ2v) is 3.97. The Kier molecular flexibility index (Phi) is 5.06. The molecule has 0 saturated carbocycles. The summed E-state index contributed by atoms with van der Waals surface area (Å²) in [6, 6.07) is 5.96. The summed E-state index contributed by atoms with van der Waals surface area (Å²) in [5, 5.41) is 0. The van der Waals surface area contributed by atoms with Gasteiger partial charge in [0.05, 0.1) is 6.04 Å². The van der Waals surface area contributed by atoms with E-state index in [-0.39, 0.29) is 17.8 Å². The number of halogens is 1. The maximum atomic E-state index is 12.7. The van der Waals surface area contributed by atoms with E-state index >= 15 is 0 Å². The number of rotatable bonds is 5. The van der Waals surface area contributed by atoms with Gasteiger partial charge in [-0.25, -0.2) is 10.2 Å². The first-order valence-corrected chi connectivity index (χ1v) is 5.53. The Morgan fingerprint density at radius 1 is 1.47 bits per heavy atom. The molecule has 1 aromatic carbocycles. The van der Waals surface area contributed by atoms with Gasteiger partial charge in [0, 0.05) is 6.54 Å².